The molecule has 1 rings (SSSR count). The molecule has 1 heterocycles. The summed E-state index contributed by atoms with van der Waals surface area (Å²) in [6.07, 6.45) is 1.70. The van der Waals surface area contributed by atoms with Gasteiger partial charge in [-0.1, -0.05) is 0 Å². The minimum absolute atomic E-state index is 0.0488. The summed E-state index contributed by atoms with van der Waals surface area (Å²) < 4.78 is 5.24. The van der Waals surface area contributed by atoms with Gasteiger partial charge in [0.25, 0.3) is 0 Å². The monoisotopic (exact) mass is 224 g/mol. The van der Waals surface area contributed by atoms with Crippen LogP contribution in [0.1, 0.15) is 27.7 Å². The number of nitrogens with one attached hydrogen (secondary N) is 1. The summed E-state index contributed by atoms with van der Waals surface area (Å²) in [7, 11) is 0. The van der Waals surface area contributed by atoms with Gasteiger partial charge < -0.3 is 15.2 Å². The molecule has 0 aliphatic carbocycles. The Kier molecular flexibility index (Phi) is 4.12. The molecule has 2 N–H and O–H groups in total. The lowest BCUT2D eigenvalue weighted by molar-refractivity contribution is 0.0649. The van der Waals surface area contributed by atoms with Crippen molar-refractivity contribution in [1.29, 1.82) is 0 Å². The fraction of sp³-hybridized carbons (Fsp3) is 0.583. The second kappa shape index (κ2) is 5.16. The van der Waals surface area contributed by atoms with Gasteiger partial charge in [-0.3, -0.25) is 0 Å². The molecule has 0 saturated heterocycles. The first kappa shape index (κ1) is 12.8. The Bertz CT molecular complexity index is 317. The minimum atomic E-state index is -0.765. The Balaban J connectivity index is 2.62. The molecule has 0 saturated carbocycles. The largest absolute Gasteiger partial charge is 0.478 e. The number of rotatable bonds is 5. The van der Waals surface area contributed by atoms with Crippen LogP contribution in [0.4, 0.5) is 5.69 Å². The van der Waals surface area contributed by atoms with Gasteiger partial charge >= 0.3 is 0 Å². The van der Waals surface area contributed by atoms with Crippen molar-refractivity contribution in [3.8, 4) is 5.88 Å². The number of ether oxygens (including phenoxy) is 1. The van der Waals surface area contributed by atoms with Crippen molar-refractivity contribution in [2.24, 2.45) is 0 Å². The van der Waals surface area contributed by atoms with Gasteiger partial charge in [0.1, 0.15) is 0 Å². The maximum absolute atomic E-state index is 9.78. The Labute approximate surface area is 96.7 Å². The van der Waals surface area contributed by atoms with E-state index in [2.05, 4.69) is 10.3 Å². The van der Waals surface area contributed by atoms with E-state index < -0.39 is 5.60 Å². The van der Waals surface area contributed by atoms with Gasteiger partial charge in [-0.15, -0.1) is 0 Å². The third kappa shape index (κ3) is 3.70. The van der Waals surface area contributed by atoms with Crippen LogP contribution in [-0.4, -0.2) is 28.3 Å². The van der Waals surface area contributed by atoms with Crippen LogP contribution in [0.3, 0.4) is 0 Å². The molecule has 0 radical (unpaired) electrons. The molecule has 1 aromatic heterocycles. The summed E-state index contributed by atoms with van der Waals surface area (Å²) in [5.41, 5.74) is 0.108. The van der Waals surface area contributed by atoms with Gasteiger partial charge in [-0.25, -0.2) is 4.98 Å². The first-order valence-corrected chi connectivity index (χ1v) is 5.51. The summed E-state index contributed by atoms with van der Waals surface area (Å²) in [4.78, 5) is 4.14. The molecule has 0 spiro atoms. The molecule has 4 heteroatoms. The summed E-state index contributed by atoms with van der Waals surface area (Å²) in [6, 6.07) is 3.65. The first-order valence-electron chi connectivity index (χ1n) is 5.51. The van der Waals surface area contributed by atoms with Crippen LogP contribution in [0.15, 0.2) is 18.3 Å². The molecule has 16 heavy (non-hydrogen) atoms. The van der Waals surface area contributed by atoms with Crippen molar-refractivity contribution in [2.45, 2.75) is 39.3 Å². The van der Waals surface area contributed by atoms with Crippen LogP contribution in [0, 0.1) is 0 Å². The van der Waals surface area contributed by atoms with Crippen LogP contribution in [-0.2, 0) is 0 Å². The number of anilines is 1. The second-order valence-corrected chi connectivity index (χ2v) is 4.34. The van der Waals surface area contributed by atoms with Gasteiger partial charge in [0.2, 0.25) is 5.88 Å². The van der Waals surface area contributed by atoms with Gasteiger partial charge in [0, 0.05) is 6.07 Å². The Hall–Kier alpha value is -1.29. The number of aromatic nitrogens is 1. The standard InChI is InChI=1S/C12H20N2O2/c1-5-16-11-7-6-10(8-13-11)14-9(2)12(3,4)15/h6-9,14-15H,5H2,1-4H3. The van der Waals surface area contributed by atoms with Crippen molar-refractivity contribution in [3.63, 3.8) is 0 Å². The van der Waals surface area contributed by atoms with Crippen molar-refractivity contribution in [2.75, 3.05) is 11.9 Å². The topological polar surface area (TPSA) is 54.4 Å². The summed E-state index contributed by atoms with van der Waals surface area (Å²) >= 11 is 0. The molecular formula is C12H20N2O2. The molecule has 1 atom stereocenters. The molecule has 90 valence electrons. The Morgan fingerprint density at radius 2 is 2.19 bits per heavy atom. The van der Waals surface area contributed by atoms with Crippen LogP contribution in [0.2, 0.25) is 0 Å². The highest BCUT2D eigenvalue weighted by molar-refractivity contribution is 5.43. The number of pyridine rings is 1. The summed E-state index contributed by atoms with van der Waals surface area (Å²) in [6.45, 7) is 8.00. The lowest BCUT2D eigenvalue weighted by atomic mass is 10.0. The van der Waals surface area contributed by atoms with Gasteiger partial charge in [0.15, 0.2) is 0 Å². The van der Waals surface area contributed by atoms with E-state index in [4.69, 9.17) is 4.74 Å². The first-order chi connectivity index (χ1) is 7.43. The minimum Gasteiger partial charge on any atom is -0.478 e. The fourth-order valence-electron chi connectivity index (χ4n) is 1.13. The molecule has 0 aromatic carbocycles. The molecule has 0 aliphatic heterocycles. The summed E-state index contributed by atoms with van der Waals surface area (Å²) in [5.74, 6) is 0.615. The van der Waals surface area contributed by atoms with Crippen molar-refractivity contribution in [3.05, 3.63) is 18.3 Å². The van der Waals surface area contributed by atoms with Crippen LogP contribution in [0.25, 0.3) is 0 Å². The summed E-state index contributed by atoms with van der Waals surface area (Å²) in [5, 5.41) is 13.0. The average molecular weight is 224 g/mol. The van der Waals surface area contributed by atoms with E-state index in [0.717, 1.165) is 5.69 Å². The predicted octanol–water partition coefficient (Wildman–Crippen LogP) is 2.05. The molecule has 1 aromatic rings. The zero-order valence-corrected chi connectivity index (χ0v) is 10.3. The smallest absolute Gasteiger partial charge is 0.213 e. The highest BCUT2D eigenvalue weighted by atomic mass is 16.5. The predicted molar refractivity (Wildman–Crippen MR) is 64.8 cm³/mol. The van der Waals surface area contributed by atoms with Gasteiger partial charge in [-0.2, -0.15) is 0 Å². The Morgan fingerprint density at radius 3 is 2.62 bits per heavy atom. The van der Waals surface area contributed by atoms with Crippen molar-refractivity contribution in [1.82, 2.24) is 4.98 Å². The molecular weight excluding hydrogens is 204 g/mol. The molecule has 0 amide bonds. The van der Waals surface area contributed by atoms with E-state index in [0.29, 0.717) is 12.5 Å². The average Bonchev–Trinajstić information content (AvgIpc) is 2.20. The number of hydrogen-bond acceptors (Lipinski definition) is 4. The van der Waals surface area contributed by atoms with Gasteiger partial charge in [0.05, 0.1) is 30.1 Å². The SMILES string of the molecule is CCOc1ccc(NC(C)C(C)(C)O)cn1. The fourth-order valence-corrected chi connectivity index (χ4v) is 1.13. The highest BCUT2D eigenvalue weighted by Crippen LogP contribution is 2.16. The van der Waals surface area contributed by atoms with Gasteiger partial charge in [-0.05, 0) is 33.8 Å². The molecule has 0 bridgehead atoms. The second-order valence-electron chi connectivity index (χ2n) is 4.34. The zero-order valence-electron chi connectivity index (χ0n) is 10.3. The van der Waals surface area contributed by atoms with E-state index in [1.807, 2.05) is 26.0 Å². The van der Waals surface area contributed by atoms with E-state index in [1.54, 1.807) is 20.0 Å². The third-order valence-corrected chi connectivity index (χ3v) is 2.47. The lowest BCUT2D eigenvalue weighted by Gasteiger charge is -2.27. The normalized spacial score (nSPS) is 13.3. The highest BCUT2D eigenvalue weighted by Gasteiger charge is 2.21. The zero-order chi connectivity index (χ0) is 12.2. The van der Waals surface area contributed by atoms with E-state index >= 15 is 0 Å². The van der Waals surface area contributed by atoms with Crippen molar-refractivity contribution < 1.29 is 9.84 Å². The van der Waals surface area contributed by atoms with E-state index in [-0.39, 0.29) is 6.04 Å². The maximum atomic E-state index is 9.78. The molecule has 1 unspecified atom stereocenters. The number of aliphatic hydroxyl groups is 1. The van der Waals surface area contributed by atoms with E-state index in [1.165, 1.54) is 0 Å². The number of nitrogens with zero attached hydrogens (tertiary/aromatic N) is 1. The lowest BCUT2D eigenvalue weighted by Crippen LogP contribution is -2.39. The quantitative estimate of drug-likeness (QED) is 0.803. The third-order valence-electron chi connectivity index (χ3n) is 2.47. The molecule has 4 nitrogen and oxygen atoms in total. The van der Waals surface area contributed by atoms with Crippen LogP contribution in [0.5, 0.6) is 5.88 Å². The van der Waals surface area contributed by atoms with Crippen LogP contribution < -0.4 is 10.1 Å². The van der Waals surface area contributed by atoms with Crippen LogP contribution >= 0.6 is 0 Å². The maximum Gasteiger partial charge on any atom is 0.213 e. The molecule has 0 fully saturated rings. The van der Waals surface area contributed by atoms with Crippen molar-refractivity contribution >= 4 is 5.69 Å². The van der Waals surface area contributed by atoms with E-state index in [9.17, 15) is 5.11 Å². The number of hydrogen-bond donors (Lipinski definition) is 2. The molecule has 0 aliphatic rings. The Morgan fingerprint density at radius 1 is 1.50 bits per heavy atom.